The lowest BCUT2D eigenvalue weighted by Gasteiger charge is -2.10. The molecule has 0 atom stereocenters. The van der Waals surface area contributed by atoms with Crippen LogP contribution < -0.4 is 0 Å². The molecule has 134 valence electrons. The predicted molar refractivity (Wildman–Crippen MR) is 101 cm³/mol. The third-order valence-corrected chi connectivity index (χ3v) is 4.69. The molecule has 1 aromatic rings. The van der Waals surface area contributed by atoms with Gasteiger partial charge in [-0.25, -0.2) is 9.59 Å². The fourth-order valence-electron chi connectivity index (χ4n) is 2.08. The Hall–Kier alpha value is -0.880. The summed E-state index contributed by atoms with van der Waals surface area (Å²) in [5.41, 5.74) is 0.779. The number of benzene rings is 1. The van der Waals surface area contributed by atoms with E-state index < -0.39 is 11.9 Å². The van der Waals surface area contributed by atoms with Crippen molar-refractivity contribution in [1.82, 2.24) is 0 Å². The Kier molecular flexibility index (Phi) is 10.3. The van der Waals surface area contributed by atoms with Crippen LogP contribution in [0.15, 0.2) is 21.1 Å². The molecule has 0 saturated carbocycles. The van der Waals surface area contributed by atoms with Crippen molar-refractivity contribution in [3.63, 3.8) is 0 Å². The number of carbonyl (C=O) groups is 2. The minimum absolute atomic E-state index is 0.383. The first-order valence-electron chi connectivity index (χ1n) is 8.34. The van der Waals surface area contributed by atoms with Crippen LogP contribution in [0.2, 0.25) is 0 Å². The number of unbranched alkanes of at least 4 members (excludes halogenated alkanes) is 4. The standard InChI is InChI=1S/C18H24Br2O4/c1-3-5-7-9-23-17(21)13-11-14(19)16(15(20)12-13)18(22)24-10-8-6-4-2/h11-12H,3-10H2,1-2H3. The molecule has 0 fully saturated rings. The molecule has 0 amide bonds. The molecule has 0 radical (unpaired) electrons. The van der Waals surface area contributed by atoms with Gasteiger partial charge in [-0.1, -0.05) is 39.5 Å². The molecule has 4 nitrogen and oxygen atoms in total. The quantitative estimate of drug-likeness (QED) is 0.320. The van der Waals surface area contributed by atoms with Crippen LogP contribution in [0.4, 0.5) is 0 Å². The molecule has 0 unspecified atom stereocenters. The van der Waals surface area contributed by atoms with Crippen LogP contribution in [0.3, 0.4) is 0 Å². The number of hydrogen-bond acceptors (Lipinski definition) is 4. The Balaban J connectivity index is 2.71. The summed E-state index contributed by atoms with van der Waals surface area (Å²) in [6.07, 6.45) is 5.90. The van der Waals surface area contributed by atoms with E-state index in [4.69, 9.17) is 9.47 Å². The van der Waals surface area contributed by atoms with Crippen LogP contribution in [0, 0.1) is 0 Å². The first-order valence-corrected chi connectivity index (χ1v) is 9.93. The zero-order valence-electron chi connectivity index (χ0n) is 14.2. The van der Waals surface area contributed by atoms with Crippen LogP contribution >= 0.6 is 31.9 Å². The molecule has 0 aliphatic carbocycles. The van der Waals surface area contributed by atoms with E-state index in [-0.39, 0.29) is 0 Å². The molecule has 1 aromatic carbocycles. The van der Waals surface area contributed by atoms with E-state index in [1.54, 1.807) is 12.1 Å². The second-order valence-electron chi connectivity index (χ2n) is 5.50. The maximum absolute atomic E-state index is 12.2. The summed E-state index contributed by atoms with van der Waals surface area (Å²) in [4.78, 5) is 24.2. The minimum Gasteiger partial charge on any atom is -0.462 e. The van der Waals surface area contributed by atoms with Gasteiger partial charge in [-0.2, -0.15) is 0 Å². The molecule has 0 aromatic heterocycles. The molecule has 24 heavy (non-hydrogen) atoms. The number of hydrogen-bond donors (Lipinski definition) is 0. The molecular formula is C18H24Br2O4. The van der Waals surface area contributed by atoms with Crippen molar-refractivity contribution in [3.05, 3.63) is 32.2 Å². The van der Waals surface area contributed by atoms with Crippen LogP contribution in [0.5, 0.6) is 0 Å². The first kappa shape index (κ1) is 21.2. The summed E-state index contributed by atoms with van der Waals surface area (Å²) in [5.74, 6) is -0.803. The third kappa shape index (κ3) is 6.93. The summed E-state index contributed by atoms with van der Waals surface area (Å²) >= 11 is 6.69. The molecule has 0 saturated heterocycles. The fraction of sp³-hybridized carbons (Fsp3) is 0.556. The predicted octanol–water partition coefficient (Wildman–Crippen LogP) is 5.91. The van der Waals surface area contributed by atoms with Crippen molar-refractivity contribution in [2.75, 3.05) is 13.2 Å². The average molecular weight is 464 g/mol. The van der Waals surface area contributed by atoms with Gasteiger partial charge in [0.05, 0.1) is 24.3 Å². The van der Waals surface area contributed by atoms with Gasteiger partial charge in [-0.15, -0.1) is 0 Å². The highest BCUT2D eigenvalue weighted by atomic mass is 79.9. The lowest BCUT2D eigenvalue weighted by Crippen LogP contribution is -2.11. The molecule has 0 bridgehead atoms. The van der Waals surface area contributed by atoms with E-state index in [9.17, 15) is 9.59 Å². The van der Waals surface area contributed by atoms with E-state index in [2.05, 4.69) is 45.7 Å². The van der Waals surface area contributed by atoms with Crippen molar-refractivity contribution in [2.45, 2.75) is 52.4 Å². The second kappa shape index (κ2) is 11.6. The van der Waals surface area contributed by atoms with Crippen molar-refractivity contribution in [1.29, 1.82) is 0 Å². The monoisotopic (exact) mass is 462 g/mol. The van der Waals surface area contributed by atoms with E-state index in [1.807, 2.05) is 0 Å². The molecular weight excluding hydrogens is 440 g/mol. The number of carbonyl (C=O) groups excluding carboxylic acids is 2. The maximum Gasteiger partial charge on any atom is 0.340 e. The normalized spacial score (nSPS) is 10.5. The first-order chi connectivity index (χ1) is 11.5. The Morgan fingerprint density at radius 3 is 1.75 bits per heavy atom. The summed E-state index contributed by atoms with van der Waals surface area (Å²) in [6, 6.07) is 3.19. The van der Waals surface area contributed by atoms with Gasteiger partial charge < -0.3 is 9.47 Å². The van der Waals surface area contributed by atoms with E-state index in [0.717, 1.165) is 38.5 Å². The lowest BCUT2D eigenvalue weighted by molar-refractivity contribution is 0.0482. The van der Waals surface area contributed by atoms with Crippen LogP contribution in [-0.2, 0) is 9.47 Å². The molecule has 0 N–H and O–H groups in total. The Morgan fingerprint density at radius 1 is 0.833 bits per heavy atom. The van der Waals surface area contributed by atoms with Gasteiger partial charge in [0.1, 0.15) is 0 Å². The van der Waals surface area contributed by atoms with Crippen molar-refractivity contribution in [3.8, 4) is 0 Å². The van der Waals surface area contributed by atoms with Crippen LogP contribution in [0.1, 0.15) is 73.1 Å². The van der Waals surface area contributed by atoms with Crippen LogP contribution in [-0.4, -0.2) is 25.2 Å². The summed E-state index contributed by atoms with van der Waals surface area (Å²) in [5, 5.41) is 0. The zero-order chi connectivity index (χ0) is 17.9. The minimum atomic E-state index is -0.410. The molecule has 0 aliphatic rings. The lowest BCUT2D eigenvalue weighted by atomic mass is 10.1. The summed E-state index contributed by atoms with van der Waals surface area (Å²) in [7, 11) is 0. The molecule has 0 spiro atoms. The number of rotatable bonds is 10. The summed E-state index contributed by atoms with van der Waals surface area (Å²) in [6.45, 7) is 4.99. The van der Waals surface area contributed by atoms with Crippen molar-refractivity contribution >= 4 is 43.8 Å². The Labute approximate surface area is 160 Å². The van der Waals surface area contributed by atoms with Crippen LogP contribution in [0.25, 0.3) is 0 Å². The number of halogens is 2. The number of ether oxygens (including phenoxy) is 2. The number of esters is 2. The molecule has 1 rings (SSSR count). The van der Waals surface area contributed by atoms with Gasteiger partial charge in [-0.3, -0.25) is 0 Å². The van der Waals surface area contributed by atoms with Crippen molar-refractivity contribution < 1.29 is 19.1 Å². The largest absolute Gasteiger partial charge is 0.462 e. The van der Waals surface area contributed by atoms with Gasteiger partial charge >= 0.3 is 11.9 Å². The van der Waals surface area contributed by atoms with E-state index in [1.165, 1.54) is 0 Å². The van der Waals surface area contributed by atoms with E-state index >= 15 is 0 Å². The highest BCUT2D eigenvalue weighted by molar-refractivity contribution is 9.11. The van der Waals surface area contributed by atoms with E-state index in [0.29, 0.717) is 33.3 Å². The van der Waals surface area contributed by atoms with Gasteiger partial charge in [-0.05, 0) is 56.8 Å². The Morgan fingerprint density at radius 2 is 1.29 bits per heavy atom. The highest BCUT2D eigenvalue weighted by Crippen LogP contribution is 2.28. The second-order valence-corrected chi connectivity index (χ2v) is 7.21. The van der Waals surface area contributed by atoms with Gasteiger partial charge in [0, 0.05) is 8.95 Å². The van der Waals surface area contributed by atoms with Gasteiger partial charge in [0.15, 0.2) is 0 Å². The maximum atomic E-state index is 12.2. The smallest absolute Gasteiger partial charge is 0.340 e. The average Bonchev–Trinajstić information content (AvgIpc) is 2.54. The van der Waals surface area contributed by atoms with Gasteiger partial charge in [0.2, 0.25) is 0 Å². The third-order valence-electron chi connectivity index (χ3n) is 3.44. The topological polar surface area (TPSA) is 52.6 Å². The SMILES string of the molecule is CCCCCOC(=O)c1cc(Br)c(C(=O)OCCCCC)c(Br)c1. The van der Waals surface area contributed by atoms with Gasteiger partial charge in [0.25, 0.3) is 0 Å². The molecule has 0 heterocycles. The molecule has 6 heteroatoms. The Bertz CT molecular complexity index is 535. The van der Waals surface area contributed by atoms with Crippen molar-refractivity contribution in [2.24, 2.45) is 0 Å². The summed E-state index contributed by atoms with van der Waals surface area (Å²) < 4.78 is 11.5. The zero-order valence-corrected chi connectivity index (χ0v) is 17.4. The highest BCUT2D eigenvalue weighted by Gasteiger charge is 2.19. The molecule has 0 aliphatic heterocycles. The fourth-order valence-corrected chi connectivity index (χ4v) is 3.59.